The van der Waals surface area contributed by atoms with E-state index in [-0.39, 0.29) is 18.2 Å². The number of nitrogens with zero attached hydrogens (tertiary/aromatic N) is 3. The van der Waals surface area contributed by atoms with Crippen LogP contribution in [0.25, 0.3) is 22.0 Å². The molecule has 0 aliphatic rings. The van der Waals surface area contributed by atoms with Gasteiger partial charge in [-0.2, -0.15) is 0 Å². The topological polar surface area (TPSA) is 129 Å². The first-order chi connectivity index (χ1) is 16.7. The minimum absolute atomic E-state index is 0.0419. The highest BCUT2D eigenvalue weighted by molar-refractivity contribution is 7.92. The van der Waals surface area contributed by atoms with E-state index in [0.717, 1.165) is 17.5 Å². The lowest BCUT2D eigenvalue weighted by Gasteiger charge is -2.15. The van der Waals surface area contributed by atoms with Gasteiger partial charge in [-0.3, -0.25) is 4.72 Å². The number of fused-ring (bicyclic) bond motifs is 1. The van der Waals surface area contributed by atoms with E-state index >= 15 is 0 Å². The Bertz CT molecular complexity index is 1520. The van der Waals surface area contributed by atoms with Crippen molar-refractivity contribution in [3.05, 3.63) is 66.3 Å². The Morgan fingerprint density at radius 2 is 1.86 bits per heavy atom. The lowest BCUT2D eigenvalue weighted by atomic mass is 10.0. The number of anilines is 1. The maximum Gasteiger partial charge on any atom is 0.264 e. The van der Waals surface area contributed by atoms with E-state index in [1.54, 1.807) is 6.07 Å². The van der Waals surface area contributed by atoms with Crippen LogP contribution < -0.4 is 19.9 Å². The van der Waals surface area contributed by atoms with Crippen molar-refractivity contribution in [1.29, 1.82) is 0 Å². The Balaban J connectivity index is 1.81. The van der Waals surface area contributed by atoms with Crippen molar-refractivity contribution in [2.45, 2.75) is 11.8 Å². The predicted molar refractivity (Wildman–Crippen MR) is 126 cm³/mol. The van der Waals surface area contributed by atoms with Gasteiger partial charge in [0.15, 0.2) is 0 Å². The second kappa shape index (κ2) is 9.76. The molecule has 35 heavy (non-hydrogen) atoms. The molecule has 0 aliphatic carbocycles. The first-order valence-electron chi connectivity index (χ1n) is 10.3. The van der Waals surface area contributed by atoms with Crippen molar-refractivity contribution in [2.24, 2.45) is 5.73 Å². The Morgan fingerprint density at radius 3 is 2.57 bits per heavy atom. The molecule has 182 valence electrons. The third kappa shape index (κ3) is 4.98. The van der Waals surface area contributed by atoms with Crippen LogP contribution in [0.5, 0.6) is 11.6 Å². The molecular formula is C23H21F2N5O4S. The standard InChI is InChI=1S/C23H21F2N5O4S/c1-13-17-7-14(9-20(34-6-5-26)22(17)29-12-28-13)15-8-19(23(33-2)27-11-15)30-35(31,32)21-4-3-16(24)10-18(21)25/h3-4,7-12,30H,5-6,26H2,1-2H3. The number of aromatic nitrogens is 3. The van der Waals surface area contributed by atoms with Crippen LogP contribution >= 0.6 is 0 Å². The zero-order valence-corrected chi connectivity index (χ0v) is 19.6. The summed E-state index contributed by atoms with van der Waals surface area (Å²) in [4.78, 5) is 12.0. The molecule has 12 heteroatoms. The number of pyridine rings is 1. The highest BCUT2D eigenvalue weighted by Crippen LogP contribution is 2.35. The van der Waals surface area contributed by atoms with E-state index in [4.69, 9.17) is 15.2 Å². The molecule has 2 heterocycles. The summed E-state index contributed by atoms with van der Waals surface area (Å²) >= 11 is 0. The van der Waals surface area contributed by atoms with Crippen molar-refractivity contribution >= 4 is 26.6 Å². The van der Waals surface area contributed by atoms with Crippen LogP contribution in [0.1, 0.15) is 5.69 Å². The SMILES string of the molecule is COc1ncc(-c2cc(OCCN)c3ncnc(C)c3c2)cc1NS(=O)(=O)c1ccc(F)cc1F. The van der Waals surface area contributed by atoms with Gasteiger partial charge < -0.3 is 15.2 Å². The smallest absolute Gasteiger partial charge is 0.264 e. The van der Waals surface area contributed by atoms with Crippen molar-refractivity contribution in [3.8, 4) is 22.8 Å². The summed E-state index contributed by atoms with van der Waals surface area (Å²) in [6, 6.07) is 7.21. The number of aryl methyl sites for hydroxylation is 1. The van der Waals surface area contributed by atoms with Crippen molar-refractivity contribution in [3.63, 3.8) is 0 Å². The Kier molecular flexibility index (Phi) is 6.76. The molecule has 0 amide bonds. The second-order valence-electron chi connectivity index (χ2n) is 7.43. The van der Waals surface area contributed by atoms with Gasteiger partial charge in [0.2, 0.25) is 5.88 Å². The third-order valence-electron chi connectivity index (χ3n) is 5.08. The van der Waals surface area contributed by atoms with Gasteiger partial charge in [-0.15, -0.1) is 0 Å². The fourth-order valence-electron chi connectivity index (χ4n) is 3.44. The molecule has 2 aromatic heterocycles. The highest BCUT2D eigenvalue weighted by atomic mass is 32.2. The number of halogens is 2. The summed E-state index contributed by atoms with van der Waals surface area (Å²) in [6.45, 7) is 2.38. The van der Waals surface area contributed by atoms with Gasteiger partial charge in [-0.25, -0.2) is 32.2 Å². The van der Waals surface area contributed by atoms with Crippen LogP contribution in [-0.4, -0.2) is 43.6 Å². The molecule has 0 aliphatic heterocycles. The number of hydrogen-bond acceptors (Lipinski definition) is 8. The highest BCUT2D eigenvalue weighted by Gasteiger charge is 2.22. The molecule has 3 N–H and O–H groups in total. The van der Waals surface area contributed by atoms with Gasteiger partial charge in [0, 0.05) is 35.5 Å². The van der Waals surface area contributed by atoms with Gasteiger partial charge in [-0.1, -0.05) is 0 Å². The van der Waals surface area contributed by atoms with Crippen molar-refractivity contribution in [1.82, 2.24) is 15.0 Å². The number of rotatable bonds is 8. The molecule has 9 nitrogen and oxygen atoms in total. The summed E-state index contributed by atoms with van der Waals surface area (Å²) in [5.41, 5.74) is 7.99. The lowest BCUT2D eigenvalue weighted by Crippen LogP contribution is -2.16. The zero-order chi connectivity index (χ0) is 25.2. The lowest BCUT2D eigenvalue weighted by molar-refractivity contribution is 0.331. The van der Waals surface area contributed by atoms with Crippen molar-refractivity contribution < 1.29 is 26.7 Å². The number of ether oxygens (including phenoxy) is 2. The molecule has 0 saturated carbocycles. The fraction of sp³-hybridized carbons (Fsp3) is 0.174. The quantitative estimate of drug-likeness (QED) is 0.376. The van der Waals surface area contributed by atoms with E-state index < -0.39 is 26.6 Å². The monoisotopic (exact) mass is 501 g/mol. The minimum Gasteiger partial charge on any atom is -0.490 e. The van der Waals surface area contributed by atoms with Crippen LogP contribution in [0.15, 0.2) is 53.8 Å². The first-order valence-corrected chi connectivity index (χ1v) is 11.8. The van der Waals surface area contributed by atoms with Crippen LogP contribution in [0.4, 0.5) is 14.5 Å². The van der Waals surface area contributed by atoms with E-state index in [9.17, 15) is 17.2 Å². The van der Waals surface area contributed by atoms with Crippen LogP contribution in [0, 0.1) is 18.6 Å². The first kappa shape index (κ1) is 24.2. The number of nitrogens with two attached hydrogens (primary N) is 1. The van der Waals surface area contributed by atoms with Crippen LogP contribution in [-0.2, 0) is 10.0 Å². The third-order valence-corrected chi connectivity index (χ3v) is 6.48. The molecule has 0 bridgehead atoms. The van der Waals surface area contributed by atoms with E-state index in [2.05, 4.69) is 19.7 Å². The van der Waals surface area contributed by atoms with Gasteiger partial charge in [0.25, 0.3) is 10.0 Å². The molecule has 0 atom stereocenters. The number of nitrogens with one attached hydrogen (secondary N) is 1. The molecule has 0 unspecified atom stereocenters. The van der Waals surface area contributed by atoms with Gasteiger partial charge >= 0.3 is 0 Å². The van der Waals surface area contributed by atoms with E-state index in [1.165, 1.54) is 25.7 Å². The van der Waals surface area contributed by atoms with Gasteiger partial charge in [-0.05, 0) is 42.8 Å². The average Bonchev–Trinajstić information content (AvgIpc) is 2.82. The number of sulfonamides is 1. The number of hydrogen-bond donors (Lipinski definition) is 2. The summed E-state index contributed by atoms with van der Waals surface area (Å²) < 4.78 is 66.3. The molecular weight excluding hydrogens is 480 g/mol. The summed E-state index contributed by atoms with van der Waals surface area (Å²) in [6.07, 6.45) is 2.92. The maximum absolute atomic E-state index is 14.2. The Labute approximate surface area is 200 Å². The van der Waals surface area contributed by atoms with Crippen LogP contribution in [0.2, 0.25) is 0 Å². The normalized spacial score (nSPS) is 11.5. The van der Waals surface area contributed by atoms with E-state index in [0.29, 0.717) is 40.7 Å². The molecule has 0 saturated heterocycles. The average molecular weight is 502 g/mol. The molecule has 0 radical (unpaired) electrons. The van der Waals surface area contributed by atoms with Gasteiger partial charge in [0.05, 0.1) is 7.11 Å². The molecule has 2 aromatic carbocycles. The van der Waals surface area contributed by atoms with Gasteiger partial charge in [0.1, 0.15) is 46.4 Å². The van der Waals surface area contributed by atoms with Crippen LogP contribution in [0.3, 0.4) is 0 Å². The summed E-state index contributed by atoms with van der Waals surface area (Å²) in [5, 5.41) is 0.725. The maximum atomic E-state index is 14.2. The summed E-state index contributed by atoms with van der Waals surface area (Å²) in [7, 11) is -3.11. The fourth-order valence-corrected chi connectivity index (χ4v) is 4.55. The summed E-state index contributed by atoms with van der Waals surface area (Å²) in [5.74, 6) is -1.70. The minimum atomic E-state index is -4.42. The number of methoxy groups -OCH3 is 1. The second-order valence-corrected chi connectivity index (χ2v) is 9.08. The molecule has 4 rings (SSSR count). The molecule has 0 fully saturated rings. The Hall–Kier alpha value is -3.90. The van der Waals surface area contributed by atoms with E-state index in [1.807, 2.05) is 13.0 Å². The molecule has 0 spiro atoms. The number of benzene rings is 2. The van der Waals surface area contributed by atoms with Crippen molar-refractivity contribution in [2.75, 3.05) is 25.0 Å². The predicted octanol–water partition coefficient (Wildman–Crippen LogP) is 3.43. The Morgan fingerprint density at radius 1 is 1.06 bits per heavy atom. The largest absolute Gasteiger partial charge is 0.490 e. The molecule has 4 aromatic rings. The zero-order valence-electron chi connectivity index (χ0n) is 18.7.